The second-order valence-electron chi connectivity index (χ2n) is 9.04. The molecule has 0 saturated carbocycles. The lowest BCUT2D eigenvalue weighted by atomic mass is 10.2. The van der Waals surface area contributed by atoms with E-state index < -0.39 is 5.60 Å². The zero-order valence-electron chi connectivity index (χ0n) is 24.7. The number of carbonyl (C=O) groups is 1. The first-order valence-electron chi connectivity index (χ1n) is 13.9. The Balaban J connectivity index is 3.09. The second-order valence-corrected chi connectivity index (χ2v) is 9.04. The Labute approximate surface area is 235 Å². The van der Waals surface area contributed by atoms with Crippen molar-refractivity contribution < 1.29 is 56.9 Å². The Morgan fingerprint density at radius 2 is 0.641 bits per heavy atom. The van der Waals surface area contributed by atoms with Crippen LogP contribution in [0.1, 0.15) is 34.1 Å². The van der Waals surface area contributed by atoms with Gasteiger partial charge in [-0.15, -0.1) is 0 Å². The van der Waals surface area contributed by atoms with Crippen molar-refractivity contribution in [3.8, 4) is 0 Å². The van der Waals surface area contributed by atoms with Crippen LogP contribution in [-0.4, -0.2) is 144 Å². The minimum absolute atomic E-state index is 0.236. The monoisotopic (exact) mass is 570 g/mol. The van der Waals surface area contributed by atoms with E-state index in [1.165, 1.54) is 0 Å². The first-order chi connectivity index (χ1) is 19.0. The van der Waals surface area contributed by atoms with E-state index in [2.05, 4.69) is 0 Å². The van der Waals surface area contributed by atoms with E-state index in [4.69, 9.17) is 52.1 Å². The van der Waals surface area contributed by atoms with Gasteiger partial charge in [-0.1, -0.05) is 0 Å². The summed E-state index contributed by atoms with van der Waals surface area (Å²) in [5.74, 6) is -0.262. The molecule has 0 aromatic carbocycles. The molecule has 0 aliphatic rings. The third-order valence-electron chi connectivity index (χ3n) is 4.42. The molecular weight excluding hydrogens is 516 g/mol. The summed E-state index contributed by atoms with van der Waals surface area (Å²) in [5, 5.41) is 0. The standard InChI is InChI=1S/C27H54O12/c1-5-29-8-9-31-12-13-33-16-17-35-20-21-37-24-25-38-23-22-36-19-18-34-15-14-32-11-10-30-7-6-26(28)39-27(2,3)4/h5-25H2,1-4H3. The molecule has 0 amide bonds. The summed E-state index contributed by atoms with van der Waals surface area (Å²) in [6.07, 6.45) is 0.236. The molecule has 0 fully saturated rings. The van der Waals surface area contributed by atoms with Crippen LogP contribution in [0, 0.1) is 0 Å². The summed E-state index contributed by atoms with van der Waals surface area (Å²) in [5.41, 5.74) is -0.469. The van der Waals surface area contributed by atoms with Crippen LogP contribution in [0.15, 0.2) is 0 Å². The van der Waals surface area contributed by atoms with Gasteiger partial charge in [-0.2, -0.15) is 0 Å². The van der Waals surface area contributed by atoms with Gasteiger partial charge in [-0.05, 0) is 27.7 Å². The maximum atomic E-state index is 11.5. The zero-order valence-corrected chi connectivity index (χ0v) is 24.7. The molecule has 0 aliphatic heterocycles. The van der Waals surface area contributed by atoms with Crippen LogP contribution in [0.3, 0.4) is 0 Å². The lowest BCUT2D eigenvalue weighted by Crippen LogP contribution is -2.24. The molecule has 234 valence electrons. The predicted molar refractivity (Wildman–Crippen MR) is 144 cm³/mol. The molecule has 0 radical (unpaired) electrons. The van der Waals surface area contributed by atoms with Gasteiger partial charge in [0.05, 0.1) is 132 Å². The highest BCUT2D eigenvalue weighted by atomic mass is 16.6. The average Bonchev–Trinajstić information content (AvgIpc) is 2.88. The molecule has 0 atom stereocenters. The Kier molecular flexibility index (Phi) is 29.3. The molecule has 0 spiro atoms. The van der Waals surface area contributed by atoms with Crippen LogP contribution in [0.4, 0.5) is 0 Å². The van der Waals surface area contributed by atoms with Crippen molar-refractivity contribution in [1.29, 1.82) is 0 Å². The van der Waals surface area contributed by atoms with Crippen molar-refractivity contribution in [2.45, 2.75) is 39.7 Å². The topological polar surface area (TPSA) is 119 Å². The lowest BCUT2D eigenvalue weighted by molar-refractivity contribution is -0.156. The van der Waals surface area contributed by atoms with E-state index in [0.29, 0.717) is 132 Å². The van der Waals surface area contributed by atoms with Gasteiger partial charge in [-0.3, -0.25) is 4.79 Å². The number of hydrogen-bond donors (Lipinski definition) is 0. The minimum atomic E-state index is -0.469. The normalized spacial score (nSPS) is 11.8. The first-order valence-corrected chi connectivity index (χ1v) is 13.9. The van der Waals surface area contributed by atoms with Crippen molar-refractivity contribution >= 4 is 5.97 Å². The number of hydrogen-bond acceptors (Lipinski definition) is 12. The SMILES string of the molecule is CCOCCOCCOCCOCCOCCOCCOCCOCCOCCOCCC(=O)OC(C)(C)C. The Morgan fingerprint density at radius 3 is 0.872 bits per heavy atom. The van der Waals surface area contributed by atoms with Crippen LogP contribution in [0.5, 0.6) is 0 Å². The van der Waals surface area contributed by atoms with E-state index in [1.54, 1.807) is 0 Å². The largest absolute Gasteiger partial charge is 0.460 e. The summed E-state index contributed by atoms with van der Waals surface area (Å²) >= 11 is 0. The van der Waals surface area contributed by atoms with Crippen molar-refractivity contribution in [3.05, 3.63) is 0 Å². The highest BCUT2D eigenvalue weighted by Crippen LogP contribution is 2.08. The summed E-state index contributed by atoms with van der Waals surface area (Å²) in [6, 6.07) is 0. The molecule has 0 aromatic rings. The van der Waals surface area contributed by atoms with Crippen LogP contribution in [0.25, 0.3) is 0 Å². The fourth-order valence-corrected chi connectivity index (χ4v) is 2.67. The summed E-state index contributed by atoms with van der Waals surface area (Å²) in [7, 11) is 0. The van der Waals surface area contributed by atoms with E-state index >= 15 is 0 Å². The van der Waals surface area contributed by atoms with Gasteiger partial charge in [0, 0.05) is 6.61 Å². The quantitative estimate of drug-likeness (QED) is 0.0895. The molecule has 0 aliphatic carbocycles. The zero-order chi connectivity index (χ0) is 28.7. The third kappa shape index (κ3) is 35.0. The van der Waals surface area contributed by atoms with Crippen LogP contribution in [0.2, 0.25) is 0 Å². The highest BCUT2D eigenvalue weighted by Gasteiger charge is 2.15. The molecular formula is C27H54O12. The summed E-state index contributed by atoms with van der Waals surface area (Å²) in [6.45, 7) is 17.8. The summed E-state index contributed by atoms with van der Waals surface area (Å²) < 4.78 is 59.1. The van der Waals surface area contributed by atoms with Gasteiger partial charge >= 0.3 is 5.97 Å². The Hall–Kier alpha value is -0.930. The second kappa shape index (κ2) is 30.0. The lowest BCUT2D eigenvalue weighted by Gasteiger charge is -2.19. The third-order valence-corrected chi connectivity index (χ3v) is 4.42. The number of carbonyl (C=O) groups excluding carboxylic acids is 1. The molecule has 0 saturated heterocycles. The molecule has 0 N–H and O–H groups in total. The molecule has 0 bridgehead atoms. The predicted octanol–water partition coefficient (Wildman–Crippen LogP) is 1.90. The number of rotatable bonds is 31. The molecule has 12 nitrogen and oxygen atoms in total. The maximum absolute atomic E-state index is 11.5. The van der Waals surface area contributed by atoms with Gasteiger partial charge < -0.3 is 52.1 Å². The first kappa shape index (κ1) is 38.1. The van der Waals surface area contributed by atoms with Gasteiger partial charge in [-0.25, -0.2) is 0 Å². The molecule has 0 aromatic heterocycles. The fraction of sp³-hybridized carbons (Fsp3) is 0.963. The molecule has 0 rings (SSSR count). The smallest absolute Gasteiger partial charge is 0.308 e. The van der Waals surface area contributed by atoms with Crippen LogP contribution in [-0.2, 0) is 56.9 Å². The van der Waals surface area contributed by atoms with E-state index in [0.717, 1.165) is 0 Å². The number of esters is 1. The van der Waals surface area contributed by atoms with Gasteiger partial charge in [0.25, 0.3) is 0 Å². The minimum Gasteiger partial charge on any atom is -0.460 e. The fourth-order valence-electron chi connectivity index (χ4n) is 2.67. The molecule has 12 heteroatoms. The van der Waals surface area contributed by atoms with Crippen LogP contribution >= 0.6 is 0 Å². The maximum Gasteiger partial charge on any atom is 0.308 e. The Bertz CT molecular complexity index is 502. The van der Waals surface area contributed by atoms with E-state index in [1.807, 2.05) is 27.7 Å². The molecule has 0 unspecified atom stereocenters. The van der Waals surface area contributed by atoms with Crippen molar-refractivity contribution in [3.63, 3.8) is 0 Å². The summed E-state index contributed by atoms with van der Waals surface area (Å²) in [4.78, 5) is 11.5. The van der Waals surface area contributed by atoms with Crippen molar-refractivity contribution in [1.82, 2.24) is 0 Å². The van der Waals surface area contributed by atoms with Gasteiger partial charge in [0.1, 0.15) is 5.60 Å². The van der Waals surface area contributed by atoms with Gasteiger partial charge in [0.15, 0.2) is 0 Å². The van der Waals surface area contributed by atoms with E-state index in [9.17, 15) is 4.79 Å². The van der Waals surface area contributed by atoms with Crippen molar-refractivity contribution in [2.24, 2.45) is 0 Å². The van der Waals surface area contributed by atoms with E-state index in [-0.39, 0.29) is 12.4 Å². The van der Waals surface area contributed by atoms with Gasteiger partial charge in [0.2, 0.25) is 0 Å². The van der Waals surface area contributed by atoms with Crippen LogP contribution < -0.4 is 0 Å². The average molecular weight is 571 g/mol. The number of ether oxygens (including phenoxy) is 11. The highest BCUT2D eigenvalue weighted by molar-refractivity contribution is 5.69. The molecule has 0 heterocycles. The molecule has 39 heavy (non-hydrogen) atoms. The van der Waals surface area contributed by atoms with Crippen molar-refractivity contribution in [2.75, 3.05) is 132 Å². The Morgan fingerprint density at radius 1 is 0.410 bits per heavy atom.